The fourth-order valence-corrected chi connectivity index (χ4v) is 10.7. The van der Waals surface area contributed by atoms with Gasteiger partial charge in [0.05, 0.1) is 30.8 Å². The normalized spacial score (nSPS) is 55.8. The van der Waals surface area contributed by atoms with E-state index in [2.05, 4.69) is 11.8 Å². The van der Waals surface area contributed by atoms with Gasteiger partial charge in [0.15, 0.2) is 0 Å². The van der Waals surface area contributed by atoms with E-state index in [-0.39, 0.29) is 36.1 Å². The summed E-state index contributed by atoms with van der Waals surface area (Å²) in [6, 6.07) is -0.516. The summed E-state index contributed by atoms with van der Waals surface area (Å²) >= 11 is 0. The van der Waals surface area contributed by atoms with Crippen molar-refractivity contribution in [2.45, 2.75) is 75.1 Å². The van der Waals surface area contributed by atoms with E-state index in [4.69, 9.17) is 18.9 Å². The molecule has 12 atom stereocenters. The molecule has 5 aliphatic carbocycles. The number of hydrogen-bond acceptors (Lipinski definition) is 9. The van der Waals surface area contributed by atoms with Crippen molar-refractivity contribution in [3.05, 3.63) is 0 Å². The summed E-state index contributed by atoms with van der Waals surface area (Å²) < 4.78 is 23.9. The second-order valence-electron chi connectivity index (χ2n) is 12.1. The molecule has 0 aromatic heterocycles. The number of nitrogens with zero attached hydrogens (tertiary/aromatic N) is 1. The first-order valence-corrected chi connectivity index (χ1v) is 13.1. The highest BCUT2D eigenvalue weighted by Gasteiger charge is 2.92. The van der Waals surface area contributed by atoms with Crippen molar-refractivity contribution >= 4 is 11.8 Å². The number of likely N-dealkylation sites (N-methyl/N-ethyl adjacent to an activating group) is 1. The number of carbonyl (C=O) groups excluding carboxylic acids is 2. The average molecular weight is 494 g/mol. The number of aliphatic hydroxyl groups is 2. The topological polar surface area (TPSA) is 115 Å². The van der Waals surface area contributed by atoms with Crippen LogP contribution in [0.5, 0.6) is 0 Å². The number of piperidine rings is 1. The molecule has 0 aromatic carbocycles. The maximum Gasteiger partial charge on any atom is 0.303 e. The third-order valence-corrected chi connectivity index (χ3v) is 11.3. The van der Waals surface area contributed by atoms with Gasteiger partial charge in [-0.25, -0.2) is 0 Å². The molecule has 1 aliphatic heterocycles. The molecule has 0 amide bonds. The van der Waals surface area contributed by atoms with Crippen molar-refractivity contribution < 1.29 is 38.7 Å². The Labute approximate surface area is 206 Å². The van der Waals surface area contributed by atoms with Crippen LogP contribution in [0.25, 0.3) is 0 Å². The molecule has 9 heteroatoms. The number of ether oxygens (including phenoxy) is 4. The molecule has 1 heterocycles. The van der Waals surface area contributed by atoms with Crippen molar-refractivity contribution in [1.29, 1.82) is 0 Å². The maximum atomic E-state index is 13.9. The lowest BCUT2D eigenvalue weighted by Crippen LogP contribution is -2.81. The Morgan fingerprint density at radius 3 is 2.54 bits per heavy atom. The van der Waals surface area contributed by atoms with Gasteiger partial charge in [0.2, 0.25) is 0 Å². The monoisotopic (exact) mass is 493 g/mol. The zero-order valence-electron chi connectivity index (χ0n) is 21.4. The molecule has 7 bridgehead atoms. The van der Waals surface area contributed by atoms with Gasteiger partial charge in [0.1, 0.15) is 23.1 Å². The van der Waals surface area contributed by atoms with E-state index in [0.29, 0.717) is 26.1 Å². The first-order valence-electron chi connectivity index (χ1n) is 13.1. The first kappa shape index (κ1) is 24.2. The van der Waals surface area contributed by atoms with E-state index in [0.717, 1.165) is 12.8 Å². The van der Waals surface area contributed by atoms with Gasteiger partial charge in [-0.1, -0.05) is 6.92 Å². The number of ketones is 1. The number of likely N-dealkylation sites (tertiary alicyclic amines) is 1. The average Bonchev–Trinajstić information content (AvgIpc) is 3.17. The molecular formula is C26H39NO8. The number of hydrogen-bond donors (Lipinski definition) is 2. The molecule has 35 heavy (non-hydrogen) atoms. The van der Waals surface area contributed by atoms with Gasteiger partial charge in [0, 0.05) is 63.9 Å². The van der Waals surface area contributed by atoms with Crippen molar-refractivity contribution in [3.63, 3.8) is 0 Å². The number of esters is 1. The Kier molecular flexibility index (Phi) is 5.18. The summed E-state index contributed by atoms with van der Waals surface area (Å²) in [5.74, 6) is -2.10. The van der Waals surface area contributed by atoms with E-state index >= 15 is 0 Å². The van der Waals surface area contributed by atoms with Gasteiger partial charge in [-0.3, -0.25) is 14.5 Å². The van der Waals surface area contributed by atoms with Gasteiger partial charge in [0.25, 0.3) is 0 Å². The van der Waals surface area contributed by atoms with E-state index in [9.17, 15) is 19.8 Å². The fourth-order valence-electron chi connectivity index (χ4n) is 10.7. The molecule has 2 N–H and O–H groups in total. The molecule has 0 aromatic rings. The zero-order chi connectivity index (χ0) is 25.1. The van der Waals surface area contributed by atoms with E-state index < -0.39 is 52.2 Å². The number of methoxy groups -OCH3 is 3. The molecule has 6 fully saturated rings. The van der Waals surface area contributed by atoms with Crippen LogP contribution in [0.2, 0.25) is 0 Å². The summed E-state index contributed by atoms with van der Waals surface area (Å²) in [6.45, 7) is 5.17. The fraction of sp³-hybridized carbons (Fsp3) is 0.923. The third-order valence-electron chi connectivity index (χ3n) is 11.3. The third kappa shape index (κ3) is 2.42. The standard InChI is InChI=1S/C26H39NO8/c1-6-27-11-23(12-32-3)8-7-17(34-5)25-15-9-14-16(33-4)10-24(30,18(15)19(14)29)26(31,22(25)27)21(20(23)25)35-13(2)28/h14-18,20-22,30-31H,6-12H2,1-5H3. The minimum absolute atomic E-state index is 0.0320. The van der Waals surface area contributed by atoms with Crippen LogP contribution in [0, 0.1) is 34.5 Å². The molecule has 196 valence electrons. The summed E-state index contributed by atoms with van der Waals surface area (Å²) in [4.78, 5) is 28.7. The highest BCUT2D eigenvalue weighted by molar-refractivity contribution is 5.90. The maximum absolute atomic E-state index is 13.9. The zero-order valence-corrected chi connectivity index (χ0v) is 21.4. The summed E-state index contributed by atoms with van der Waals surface area (Å²) in [7, 11) is 4.95. The molecule has 9 nitrogen and oxygen atoms in total. The number of rotatable bonds is 6. The SMILES string of the molecule is CCN1CC2(COC)CCC(OC)C34C5CC6C(=O)C5C(O)(CC6OC)C(O)(C(OC(C)=O)C23)C14. The Hall–Kier alpha value is -1.10. The van der Waals surface area contributed by atoms with Crippen LogP contribution in [0.3, 0.4) is 0 Å². The molecule has 6 aliphatic rings. The largest absolute Gasteiger partial charge is 0.459 e. The summed E-state index contributed by atoms with van der Waals surface area (Å²) in [5, 5.41) is 25.6. The number of Topliss-reactive ketones (excluding diaryl/α,β-unsaturated/α-hetero) is 1. The summed E-state index contributed by atoms with van der Waals surface area (Å²) in [5.41, 5.74) is -4.69. The van der Waals surface area contributed by atoms with Gasteiger partial charge in [-0.15, -0.1) is 0 Å². The van der Waals surface area contributed by atoms with Crippen molar-refractivity contribution in [3.8, 4) is 0 Å². The molecular weight excluding hydrogens is 454 g/mol. The highest BCUT2D eigenvalue weighted by Crippen LogP contribution is 2.80. The minimum atomic E-state index is -1.85. The molecule has 0 radical (unpaired) electrons. The van der Waals surface area contributed by atoms with Gasteiger partial charge < -0.3 is 29.2 Å². The number of fused-ring (bicyclic) bond motifs is 2. The Bertz CT molecular complexity index is 944. The van der Waals surface area contributed by atoms with Crippen LogP contribution in [-0.2, 0) is 28.5 Å². The summed E-state index contributed by atoms with van der Waals surface area (Å²) in [6.07, 6.45) is 0.563. The second kappa shape index (κ2) is 7.48. The van der Waals surface area contributed by atoms with Gasteiger partial charge >= 0.3 is 5.97 Å². The molecule has 1 spiro atoms. The van der Waals surface area contributed by atoms with Crippen molar-refractivity contribution in [1.82, 2.24) is 4.90 Å². The molecule has 6 rings (SSSR count). The van der Waals surface area contributed by atoms with Crippen LogP contribution in [-0.4, -0.2) is 103 Å². The Balaban J connectivity index is 1.69. The van der Waals surface area contributed by atoms with Crippen LogP contribution < -0.4 is 0 Å². The van der Waals surface area contributed by atoms with Gasteiger partial charge in [-0.05, 0) is 31.7 Å². The minimum Gasteiger partial charge on any atom is -0.459 e. The van der Waals surface area contributed by atoms with E-state index in [1.54, 1.807) is 21.3 Å². The Morgan fingerprint density at radius 2 is 1.94 bits per heavy atom. The van der Waals surface area contributed by atoms with Crippen LogP contribution >= 0.6 is 0 Å². The van der Waals surface area contributed by atoms with Crippen LogP contribution in [0.1, 0.15) is 39.5 Å². The lowest BCUT2D eigenvalue weighted by molar-refractivity contribution is -0.301. The van der Waals surface area contributed by atoms with Gasteiger partial charge in [-0.2, -0.15) is 0 Å². The molecule has 1 saturated heterocycles. The van der Waals surface area contributed by atoms with Crippen molar-refractivity contribution in [2.75, 3.05) is 41.0 Å². The highest BCUT2D eigenvalue weighted by atomic mass is 16.6. The lowest BCUT2D eigenvalue weighted by Gasteiger charge is -2.69. The second-order valence-corrected chi connectivity index (χ2v) is 12.1. The van der Waals surface area contributed by atoms with Crippen LogP contribution in [0.4, 0.5) is 0 Å². The lowest BCUT2D eigenvalue weighted by atomic mass is 9.42. The van der Waals surface area contributed by atoms with E-state index in [1.165, 1.54) is 6.92 Å². The van der Waals surface area contributed by atoms with E-state index in [1.807, 2.05) is 0 Å². The molecule has 12 unspecified atom stereocenters. The molecule has 5 saturated carbocycles. The Morgan fingerprint density at radius 1 is 1.20 bits per heavy atom. The number of carbonyl (C=O) groups is 2. The smallest absolute Gasteiger partial charge is 0.303 e. The van der Waals surface area contributed by atoms with Crippen LogP contribution in [0.15, 0.2) is 0 Å². The quantitative estimate of drug-likeness (QED) is 0.507. The predicted octanol–water partition coefficient (Wildman–Crippen LogP) is 0.396. The predicted molar refractivity (Wildman–Crippen MR) is 122 cm³/mol. The first-order chi connectivity index (χ1) is 16.6. The van der Waals surface area contributed by atoms with Crippen molar-refractivity contribution in [2.24, 2.45) is 34.5 Å².